The Morgan fingerprint density at radius 3 is 2.65 bits per heavy atom. The fourth-order valence-electron chi connectivity index (χ4n) is 1.87. The molecule has 6 heteroatoms. The molecule has 1 aromatic carbocycles. The van der Waals surface area contributed by atoms with Gasteiger partial charge in [0.1, 0.15) is 5.69 Å². The second-order valence-electron chi connectivity index (χ2n) is 4.44. The number of aryl methyl sites for hydroxylation is 2. The first-order valence-electron chi connectivity index (χ1n) is 5.89. The molecule has 2 aromatic rings. The fourth-order valence-corrected chi connectivity index (χ4v) is 2.31. The van der Waals surface area contributed by atoms with Crippen LogP contribution in [0.25, 0.3) is 0 Å². The molecular formula is C14H13BrN2O3. The van der Waals surface area contributed by atoms with Crippen molar-refractivity contribution >= 4 is 33.5 Å². The van der Waals surface area contributed by atoms with Crippen molar-refractivity contribution in [3.63, 3.8) is 0 Å². The van der Waals surface area contributed by atoms with Crippen LogP contribution in [0.2, 0.25) is 0 Å². The SMILES string of the molecule is Cc1cc(NC(=O)c2cccc(C)c2Br)c(C(=O)O)[nH]1. The van der Waals surface area contributed by atoms with E-state index in [1.54, 1.807) is 25.1 Å². The second kappa shape index (κ2) is 5.50. The van der Waals surface area contributed by atoms with Crippen LogP contribution in [-0.2, 0) is 0 Å². The highest BCUT2D eigenvalue weighted by atomic mass is 79.9. The van der Waals surface area contributed by atoms with Crippen LogP contribution in [-0.4, -0.2) is 22.0 Å². The van der Waals surface area contributed by atoms with Crippen molar-refractivity contribution in [1.82, 2.24) is 4.98 Å². The van der Waals surface area contributed by atoms with Gasteiger partial charge in [0.25, 0.3) is 5.91 Å². The Kier molecular flexibility index (Phi) is 3.94. The molecule has 0 atom stereocenters. The first kappa shape index (κ1) is 14.3. The van der Waals surface area contributed by atoms with Crippen molar-refractivity contribution in [3.8, 4) is 0 Å². The zero-order chi connectivity index (χ0) is 14.9. The molecule has 0 fully saturated rings. The average Bonchev–Trinajstić information content (AvgIpc) is 2.73. The van der Waals surface area contributed by atoms with E-state index in [1.165, 1.54) is 0 Å². The van der Waals surface area contributed by atoms with Gasteiger partial charge in [-0.15, -0.1) is 0 Å². The molecule has 0 unspecified atom stereocenters. The minimum Gasteiger partial charge on any atom is -0.477 e. The number of carbonyl (C=O) groups excluding carboxylic acids is 1. The van der Waals surface area contributed by atoms with Gasteiger partial charge in [-0.2, -0.15) is 0 Å². The number of benzene rings is 1. The Hall–Kier alpha value is -2.08. The van der Waals surface area contributed by atoms with Gasteiger partial charge in [0.15, 0.2) is 0 Å². The third-order valence-electron chi connectivity index (χ3n) is 2.85. The van der Waals surface area contributed by atoms with Gasteiger partial charge in [-0.3, -0.25) is 4.79 Å². The third-order valence-corrected chi connectivity index (χ3v) is 3.90. The zero-order valence-electron chi connectivity index (χ0n) is 11.0. The lowest BCUT2D eigenvalue weighted by Gasteiger charge is -2.08. The summed E-state index contributed by atoms with van der Waals surface area (Å²) in [7, 11) is 0. The number of hydrogen-bond acceptors (Lipinski definition) is 2. The van der Waals surface area contributed by atoms with E-state index >= 15 is 0 Å². The molecule has 1 aromatic heterocycles. The largest absolute Gasteiger partial charge is 0.477 e. The Morgan fingerprint density at radius 2 is 2.00 bits per heavy atom. The van der Waals surface area contributed by atoms with Crippen LogP contribution < -0.4 is 5.32 Å². The molecule has 2 rings (SSSR count). The Morgan fingerprint density at radius 1 is 1.30 bits per heavy atom. The predicted molar refractivity (Wildman–Crippen MR) is 79.3 cm³/mol. The van der Waals surface area contributed by atoms with Crippen LogP contribution in [0.5, 0.6) is 0 Å². The molecule has 3 N–H and O–H groups in total. The summed E-state index contributed by atoms with van der Waals surface area (Å²) in [5.41, 5.74) is 2.29. The van der Waals surface area contributed by atoms with Crippen LogP contribution in [0.15, 0.2) is 28.7 Å². The molecule has 0 bridgehead atoms. The summed E-state index contributed by atoms with van der Waals surface area (Å²) in [5.74, 6) is -1.47. The van der Waals surface area contributed by atoms with Gasteiger partial charge in [-0.25, -0.2) is 4.79 Å². The summed E-state index contributed by atoms with van der Waals surface area (Å²) in [4.78, 5) is 26.0. The number of anilines is 1. The van der Waals surface area contributed by atoms with Crippen molar-refractivity contribution < 1.29 is 14.7 Å². The molecule has 1 amide bonds. The molecule has 0 spiro atoms. The number of aromatic nitrogens is 1. The Bertz CT molecular complexity index is 692. The van der Waals surface area contributed by atoms with Crippen molar-refractivity contribution in [2.24, 2.45) is 0 Å². The number of nitrogens with one attached hydrogen (secondary N) is 2. The highest BCUT2D eigenvalue weighted by molar-refractivity contribution is 9.10. The summed E-state index contributed by atoms with van der Waals surface area (Å²) in [5, 5.41) is 11.7. The Labute approximate surface area is 124 Å². The maximum Gasteiger partial charge on any atom is 0.354 e. The number of rotatable bonds is 3. The van der Waals surface area contributed by atoms with E-state index in [0.29, 0.717) is 15.7 Å². The molecular weight excluding hydrogens is 324 g/mol. The fraction of sp³-hybridized carbons (Fsp3) is 0.143. The molecule has 0 saturated carbocycles. The Balaban J connectivity index is 2.33. The molecule has 0 aliphatic heterocycles. The molecule has 0 saturated heterocycles. The summed E-state index contributed by atoms with van der Waals surface area (Å²) in [6, 6.07) is 6.91. The first-order valence-corrected chi connectivity index (χ1v) is 6.69. The van der Waals surface area contributed by atoms with Crippen molar-refractivity contribution in [1.29, 1.82) is 0 Å². The smallest absolute Gasteiger partial charge is 0.354 e. The zero-order valence-corrected chi connectivity index (χ0v) is 12.5. The minimum absolute atomic E-state index is 0.0281. The molecule has 0 aliphatic carbocycles. The van der Waals surface area contributed by atoms with Crippen molar-refractivity contribution in [2.45, 2.75) is 13.8 Å². The third kappa shape index (κ3) is 2.75. The molecule has 104 valence electrons. The number of carboxylic acid groups (broad SMARTS) is 1. The summed E-state index contributed by atoms with van der Waals surface area (Å²) in [6.07, 6.45) is 0. The van der Waals surface area contributed by atoms with E-state index in [2.05, 4.69) is 26.2 Å². The number of hydrogen-bond donors (Lipinski definition) is 3. The van der Waals surface area contributed by atoms with E-state index in [0.717, 1.165) is 5.56 Å². The van der Waals surface area contributed by atoms with Gasteiger partial charge >= 0.3 is 5.97 Å². The molecule has 5 nitrogen and oxygen atoms in total. The lowest BCUT2D eigenvalue weighted by Crippen LogP contribution is -2.15. The van der Waals surface area contributed by atoms with Crippen LogP contribution in [0, 0.1) is 13.8 Å². The van der Waals surface area contributed by atoms with Crippen LogP contribution >= 0.6 is 15.9 Å². The topological polar surface area (TPSA) is 82.2 Å². The van der Waals surface area contributed by atoms with Gasteiger partial charge in [-0.1, -0.05) is 12.1 Å². The number of aromatic carboxylic acids is 1. The first-order chi connectivity index (χ1) is 9.40. The van der Waals surface area contributed by atoms with E-state index < -0.39 is 5.97 Å². The molecule has 0 aliphatic rings. The lowest BCUT2D eigenvalue weighted by molar-refractivity contribution is 0.0692. The average molecular weight is 337 g/mol. The molecule has 0 radical (unpaired) electrons. The second-order valence-corrected chi connectivity index (χ2v) is 5.23. The number of amides is 1. The van der Waals surface area contributed by atoms with Gasteiger partial charge < -0.3 is 15.4 Å². The highest BCUT2D eigenvalue weighted by Gasteiger charge is 2.17. The van der Waals surface area contributed by atoms with E-state index in [1.807, 2.05) is 13.0 Å². The van der Waals surface area contributed by atoms with Gasteiger partial charge in [0.05, 0.1) is 11.3 Å². The van der Waals surface area contributed by atoms with E-state index in [-0.39, 0.29) is 17.3 Å². The minimum atomic E-state index is -1.11. The van der Waals surface area contributed by atoms with Gasteiger partial charge in [-0.05, 0) is 47.5 Å². The normalized spacial score (nSPS) is 10.3. The van der Waals surface area contributed by atoms with Crippen LogP contribution in [0.1, 0.15) is 32.1 Å². The predicted octanol–water partition coefficient (Wildman–Crippen LogP) is 3.34. The molecule has 1 heterocycles. The quantitative estimate of drug-likeness (QED) is 0.803. The number of H-pyrrole nitrogens is 1. The maximum absolute atomic E-state index is 12.2. The van der Waals surface area contributed by atoms with E-state index in [4.69, 9.17) is 5.11 Å². The summed E-state index contributed by atoms with van der Waals surface area (Å²) in [6.45, 7) is 3.61. The van der Waals surface area contributed by atoms with Gasteiger partial charge in [0.2, 0.25) is 0 Å². The van der Waals surface area contributed by atoms with E-state index in [9.17, 15) is 9.59 Å². The maximum atomic E-state index is 12.2. The number of aromatic amines is 1. The standard InChI is InChI=1S/C14H13BrN2O3/c1-7-4-3-5-9(11(7)15)13(18)17-10-6-8(2)16-12(10)14(19)20/h3-6,16H,1-2H3,(H,17,18)(H,19,20). The number of carboxylic acids is 1. The number of carbonyl (C=O) groups is 2. The van der Waals surface area contributed by atoms with Crippen molar-refractivity contribution in [2.75, 3.05) is 5.32 Å². The summed E-state index contributed by atoms with van der Waals surface area (Å²) >= 11 is 3.36. The van der Waals surface area contributed by atoms with Crippen molar-refractivity contribution in [3.05, 3.63) is 51.3 Å². The summed E-state index contributed by atoms with van der Waals surface area (Å²) < 4.78 is 0.696. The van der Waals surface area contributed by atoms with Gasteiger partial charge in [0, 0.05) is 10.2 Å². The number of halogens is 1. The highest BCUT2D eigenvalue weighted by Crippen LogP contribution is 2.23. The lowest BCUT2D eigenvalue weighted by atomic mass is 10.1. The van der Waals surface area contributed by atoms with Crippen LogP contribution in [0.3, 0.4) is 0 Å². The molecule has 20 heavy (non-hydrogen) atoms. The van der Waals surface area contributed by atoms with Crippen LogP contribution in [0.4, 0.5) is 5.69 Å². The monoisotopic (exact) mass is 336 g/mol.